The van der Waals surface area contributed by atoms with E-state index in [1.165, 1.54) is 0 Å². The van der Waals surface area contributed by atoms with Crippen LogP contribution in [-0.2, 0) is 0 Å². The molecule has 0 heterocycles. The molecule has 0 amide bonds. The second kappa shape index (κ2) is 6.61. The Labute approximate surface area is 114 Å². The second-order valence-corrected chi connectivity index (χ2v) is 4.85. The van der Waals surface area contributed by atoms with Gasteiger partial charge in [0, 0.05) is 0 Å². The summed E-state index contributed by atoms with van der Waals surface area (Å²) in [5.74, 6) is 1.38. The number of nitrogens with zero attached hydrogens (tertiary/aromatic N) is 2. The minimum atomic E-state index is -0.112. The smallest absolute Gasteiger partial charge is 0.121 e. The summed E-state index contributed by atoms with van der Waals surface area (Å²) in [6.07, 6.45) is 1.66. The molecule has 98 valence electrons. The van der Waals surface area contributed by atoms with Crippen molar-refractivity contribution in [2.45, 2.75) is 26.9 Å². The van der Waals surface area contributed by atoms with Crippen LogP contribution >= 0.6 is 0 Å². The summed E-state index contributed by atoms with van der Waals surface area (Å²) in [6, 6.07) is 8.90. The Hall–Kier alpha value is -2.26. The number of hydrogen-bond donors (Lipinski definition) is 0. The van der Waals surface area contributed by atoms with Crippen LogP contribution in [0.15, 0.2) is 30.9 Å². The first kappa shape index (κ1) is 14.8. The normalized spacial score (nSPS) is 13.2. The van der Waals surface area contributed by atoms with Crippen molar-refractivity contribution in [3.05, 3.63) is 42.0 Å². The maximum absolute atomic E-state index is 8.99. The molecule has 1 aromatic carbocycles. The van der Waals surface area contributed by atoms with Crippen LogP contribution in [0.2, 0.25) is 0 Å². The SMILES string of the molecule is C=CC(Oc1ccc(C#N)c(C#N)c1)[C@H](C)C(C)C. The molecule has 1 aromatic rings. The van der Waals surface area contributed by atoms with Gasteiger partial charge in [0.05, 0.1) is 11.1 Å². The van der Waals surface area contributed by atoms with E-state index in [1.807, 2.05) is 12.1 Å². The molecule has 2 atom stereocenters. The van der Waals surface area contributed by atoms with Crippen molar-refractivity contribution >= 4 is 0 Å². The van der Waals surface area contributed by atoms with Crippen molar-refractivity contribution in [1.29, 1.82) is 10.5 Å². The van der Waals surface area contributed by atoms with E-state index < -0.39 is 0 Å². The molecule has 0 aromatic heterocycles. The molecule has 0 bridgehead atoms. The molecule has 0 N–H and O–H groups in total. The highest BCUT2D eigenvalue weighted by molar-refractivity contribution is 5.49. The van der Waals surface area contributed by atoms with Crippen LogP contribution in [0.4, 0.5) is 0 Å². The third-order valence-electron chi connectivity index (χ3n) is 3.31. The Kier molecular flexibility index (Phi) is 5.15. The van der Waals surface area contributed by atoms with Gasteiger partial charge in [0.25, 0.3) is 0 Å². The van der Waals surface area contributed by atoms with Crippen LogP contribution in [0, 0.1) is 34.5 Å². The first-order valence-corrected chi connectivity index (χ1v) is 6.27. The highest BCUT2D eigenvalue weighted by Crippen LogP contribution is 2.23. The molecule has 3 nitrogen and oxygen atoms in total. The van der Waals surface area contributed by atoms with Crippen molar-refractivity contribution in [3.8, 4) is 17.9 Å². The lowest BCUT2D eigenvalue weighted by molar-refractivity contribution is 0.157. The zero-order chi connectivity index (χ0) is 14.4. The average molecular weight is 254 g/mol. The van der Waals surface area contributed by atoms with Gasteiger partial charge in [-0.1, -0.05) is 33.4 Å². The van der Waals surface area contributed by atoms with Crippen LogP contribution in [0.25, 0.3) is 0 Å². The zero-order valence-corrected chi connectivity index (χ0v) is 11.6. The van der Waals surface area contributed by atoms with Crippen LogP contribution in [-0.4, -0.2) is 6.10 Å². The lowest BCUT2D eigenvalue weighted by atomic mass is 9.92. The summed E-state index contributed by atoms with van der Waals surface area (Å²) in [6.45, 7) is 10.2. The third-order valence-corrected chi connectivity index (χ3v) is 3.31. The number of hydrogen-bond acceptors (Lipinski definition) is 3. The van der Waals surface area contributed by atoms with E-state index in [0.717, 1.165) is 0 Å². The summed E-state index contributed by atoms with van der Waals surface area (Å²) >= 11 is 0. The predicted octanol–water partition coefficient (Wildman–Crippen LogP) is 3.66. The fourth-order valence-corrected chi connectivity index (χ4v) is 1.69. The van der Waals surface area contributed by atoms with Crippen LogP contribution in [0.5, 0.6) is 5.75 Å². The molecule has 1 unspecified atom stereocenters. The quantitative estimate of drug-likeness (QED) is 0.753. The van der Waals surface area contributed by atoms with Gasteiger partial charge < -0.3 is 4.74 Å². The van der Waals surface area contributed by atoms with Crippen LogP contribution < -0.4 is 4.74 Å². The molecule has 1 rings (SSSR count). The number of nitriles is 2. The molecular formula is C16H18N2O. The van der Waals surface area contributed by atoms with Gasteiger partial charge in [-0.15, -0.1) is 0 Å². The van der Waals surface area contributed by atoms with E-state index in [1.54, 1.807) is 24.3 Å². The Morgan fingerprint density at radius 3 is 2.26 bits per heavy atom. The van der Waals surface area contributed by atoms with Gasteiger partial charge in [-0.25, -0.2) is 0 Å². The van der Waals surface area contributed by atoms with E-state index >= 15 is 0 Å². The maximum atomic E-state index is 8.99. The van der Waals surface area contributed by atoms with E-state index in [2.05, 4.69) is 27.4 Å². The number of ether oxygens (including phenoxy) is 1. The Morgan fingerprint density at radius 1 is 1.16 bits per heavy atom. The minimum absolute atomic E-state index is 0.112. The standard InChI is InChI=1S/C16H18N2O/c1-5-16(12(4)11(2)3)19-15-7-6-13(9-17)14(8-15)10-18/h5-8,11-12,16H,1H2,2-4H3/t12-,16?/m1/s1. The summed E-state index contributed by atoms with van der Waals surface area (Å²) in [5, 5.41) is 17.9. The second-order valence-electron chi connectivity index (χ2n) is 4.85. The third kappa shape index (κ3) is 3.60. The van der Waals surface area contributed by atoms with Gasteiger partial charge in [0.1, 0.15) is 24.0 Å². The molecule has 0 fully saturated rings. The minimum Gasteiger partial charge on any atom is -0.486 e. The molecule has 19 heavy (non-hydrogen) atoms. The van der Waals surface area contributed by atoms with E-state index in [9.17, 15) is 0 Å². The number of benzene rings is 1. The fraction of sp³-hybridized carbons (Fsp3) is 0.375. The lowest BCUT2D eigenvalue weighted by Crippen LogP contribution is -2.26. The summed E-state index contributed by atoms with van der Waals surface area (Å²) in [4.78, 5) is 0. The molecule has 0 aliphatic rings. The van der Waals surface area contributed by atoms with Gasteiger partial charge >= 0.3 is 0 Å². The Balaban J connectivity index is 2.97. The van der Waals surface area contributed by atoms with E-state index in [4.69, 9.17) is 15.3 Å². The first-order chi connectivity index (χ1) is 9.03. The van der Waals surface area contributed by atoms with Crippen LogP contribution in [0.1, 0.15) is 31.9 Å². The molecule has 0 spiro atoms. The predicted molar refractivity (Wildman–Crippen MR) is 74.5 cm³/mol. The maximum Gasteiger partial charge on any atom is 0.121 e. The Bertz CT molecular complexity index is 535. The van der Waals surface area contributed by atoms with Crippen molar-refractivity contribution in [1.82, 2.24) is 0 Å². The fourth-order valence-electron chi connectivity index (χ4n) is 1.69. The summed E-state index contributed by atoms with van der Waals surface area (Å²) in [5.41, 5.74) is 0.696. The van der Waals surface area contributed by atoms with E-state index in [-0.39, 0.29) is 6.10 Å². The highest BCUT2D eigenvalue weighted by Gasteiger charge is 2.19. The molecule has 0 saturated carbocycles. The van der Waals surface area contributed by atoms with Gasteiger partial charge in [-0.05, 0) is 30.0 Å². The monoisotopic (exact) mass is 254 g/mol. The molecule has 0 aliphatic heterocycles. The van der Waals surface area contributed by atoms with Gasteiger partial charge in [-0.3, -0.25) is 0 Å². The van der Waals surface area contributed by atoms with Crippen molar-refractivity contribution in [2.24, 2.45) is 11.8 Å². The van der Waals surface area contributed by atoms with Crippen molar-refractivity contribution in [2.75, 3.05) is 0 Å². The molecule has 0 saturated heterocycles. The summed E-state index contributed by atoms with van der Waals surface area (Å²) in [7, 11) is 0. The molecule has 3 heteroatoms. The van der Waals surface area contributed by atoms with Crippen molar-refractivity contribution < 1.29 is 4.74 Å². The Morgan fingerprint density at radius 2 is 1.79 bits per heavy atom. The molecule has 0 radical (unpaired) electrons. The largest absolute Gasteiger partial charge is 0.486 e. The highest BCUT2D eigenvalue weighted by atomic mass is 16.5. The van der Waals surface area contributed by atoms with Gasteiger partial charge in [-0.2, -0.15) is 10.5 Å². The zero-order valence-electron chi connectivity index (χ0n) is 11.6. The topological polar surface area (TPSA) is 56.8 Å². The number of rotatable bonds is 5. The summed E-state index contributed by atoms with van der Waals surface area (Å²) < 4.78 is 5.85. The van der Waals surface area contributed by atoms with Crippen molar-refractivity contribution in [3.63, 3.8) is 0 Å². The van der Waals surface area contributed by atoms with Crippen LogP contribution in [0.3, 0.4) is 0 Å². The van der Waals surface area contributed by atoms with E-state index in [0.29, 0.717) is 28.7 Å². The van der Waals surface area contributed by atoms with Gasteiger partial charge in [0.15, 0.2) is 0 Å². The molecular weight excluding hydrogens is 236 g/mol. The average Bonchev–Trinajstić information content (AvgIpc) is 2.43. The molecule has 0 aliphatic carbocycles. The lowest BCUT2D eigenvalue weighted by Gasteiger charge is -2.25. The first-order valence-electron chi connectivity index (χ1n) is 6.27. The van der Waals surface area contributed by atoms with Gasteiger partial charge in [0.2, 0.25) is 0 Å².